The summed E-state index contributed by atoms with van der Waals surface area (Å²) in [5.41, 5.74) is 0. The lowest BCUT2D eigenvalue weighted by molar-refractivity contribution is 0.429. The van der Waals surface area contributed by atoms with Crippen LogP contribution in [0, 0.1) is 0 Å². The Morgan fingerprint density at radius 1 is 1.26 bits per heavy atom. The van der Waals surface area contributed by atoms with E-state index in [1.54, 1.807) is 6.92 Å². The molecule has 0 saturated heterocycles. The fraction of sp³-hybridized carbons (Fsp3) is 0.800. The molecular formula is C10H21N5O3S. The number of sulfonamides is 1. The Kier molecular flexibility index (Phi) is 6.19. The standard InChI is InChI=1S/C10H21N5O3S/c1-4-11-8(3)9-14-15-10(18-9)12-6-7-19(16,17)13-5-2/h8,11,13H,4-7H2,1-3H3,(H,12,15). The zero-order valence-electron chi connectivity index (χ0n) is 11.4. The molecule has 0 fully saturated rings. The van der Waals surface area contributed by atoms with E-state index >= 15 is 0 Å². The van der Waals surface area contributed by atoms with Gasteiger partial charge >= 0.3 is 6.01 Å². The van der Waals surface area contributed by atoms with E-state index in [4.69, 9.17) is 4.42 Å². The highest BCUT2D eigenvalue weighted by Crippen LogP contribution is 2.12. The first kappa shape index (κ1) is 15.9. The number of anilines is 1. The molecule has 0 spiro atoms. The number of nitrogens with zero attached hydrogens (tertiary/aromatic N) is 2. The molecule has 1 atom stereocenters. The second-order valence-corrected chi connectivity index (χ2v) is 5.89. The van der Waals surface area contributed by atoms with E-state index in [0.29, 0.717) is 12.4 Å². The SMILES string of the molecule is CCNC(C)c1nnc(NCCS(=O)(=O)NCC)o1. The zero-order chi connectivity index (χ0) is 14.3. The molecule has 0 aliphatic carbocycles. The molecule has 0 radical (unpaired) electrons. The Bertz CT molecular complexity index is 473. The summed E-state index contributed by atoms with van der Waals surface area (Å²) < 4.78 is 30.5. The monoisotopic (exact) mass is 291 g/mol. The van der Waals surface area contributed by atoms with Gasteiger partial charge in [0.15, 0.2) is 0 Å². The molecule has 110 valence electrons. The number of rotatable bonds is 9. The number of hydrogen-bond acceptors (Lipinski definition) is 7. The van der Waals surface area contributed by atoms with Crippen LogP contribution in [0.1, 0.15) is 32.7 Å². The van der Waals surface area contributed by atoms with Gasteiger partial charge in [-0.05, 0) is 13.5 Å². The zero-order valence-corrected chi connectivity index (χ0v) is 12.2. The van der Waals surface area contributed by atoms with Crippen molar-refractivity contribution in [3.05, 3.63) is 5.89 Å². The lowest BCUT2D eigenvalue weighted by Gasteiger charge is -2.06. The molecule has 1 rings (SSSR count). The molecule has 8 nitrogen and oxygen atoms in total. The van der Waals surface area contributed by atoms with Crippen LogP contribution in [0.15, 0.2) is 4.42 Å². The van der Waals surface area contributed by atoms with Gasteiger partial charge in [-0.15, -0.1) is 5.10 Å². The van der Waals surface area contributed by atoms with Gasteiger partial charge in [-0.25, -0.2) is 13.1 Å². The lowest BCUT2D eigenvalue weighted by Crippen LogP contribution is -2.29. The van der Waals surface area contributed by atoms with Crippen molar-refractivity contribution < 1.29 is 12.8 Å². The van der Waals surface area contributed by atoms with Crippen LogP contribution < -0.4 is 15.4 Å². The van der Waals surface area contributed by atoms with E-state index in [2.05, 4.69) is 25.6 Å². The van der Waals surface area contributed by atoms with Gasteiger partial charge in [0.25, 0.3) is 0 Å². The van der Waals surface area contributed by atoms with E-state index in [-0.39, 0.29) is 24.4 Å². The Hall–Kier alpha value is -1.19. The molecule has 0 aliphatic rings. The fourth-order valence-electron chi connectivity index (χ4n) is 1.46. The minimum absolute atomic E-state index is 0.0291. The Labute approximate surface area is 113 Å². The lowest BCUT2D eigenvalue weighted by atomic mass is 10.3. The van der Waals surface area contributed by atoms with Gasteiger partial charge < -0.3 is 15.1 Å². The van der Waals surface area contributed by atoms with E-state index < -0.39 is 10.0 Å². The Morgan fingerprint density at radius 2 is 2.00 bits per heavy atom. The third kappa shape index (κ3) is 5.53. The number of aromatic nitrogens is 2. The highest BCUT2D eigenvalue weighted by Gasteiger charge is 2.13. The first-order valence-electron chi connectivity index (χ1n) is 6.26. The van der Waals surface area contributed by atoms with Gasteiger partial charge in [0.05, 0.1) is 11.8 Å². The molecule has 0 amide bonds. The highest BCUT2D eigenvalue weighted by atomic mass is 32.2. The summed E-state index contributed by atoms with van der Waals surface area (Å²) in [5, 5.41) is 13.6. The topological polar surface area (TPSA) is 109 Å². The van der Waals surface area contributed by atoms with Crippen LogP contribution in [0.4, 0.5) is 6.01 Å². The van der Waals surface area contributed by atoms with Crippen molar-refractivity contribution in [2.45, 2.75) is 26.8 Å². The number of hydrogen-bond donors (Lipinski definition) is 3. The van der Waals surface area contributed by atoms with Crippen LogP contribution >= 0.6 is 0 Å². The Morgan fingerprint density at radius 3 is 2.63 bits per heavy atom. The van der Waals surface area contributed by atoms with Crippen LogP contribution in [0.3, 0.4) is 0 Å². The largest absolute Gasteiger partial charge is 0.406 e. The summed E-state index contributed by atoms with van der Waals surface area (Å²) in [6.07, 6.45) is 0. The third-order valence-corrected chi connectivity index (χ3v) is 3.80. The summed E-state index contributed by atoms with van der Waals surface area (Å²) in [5.74, 6) is 0.431. The smallest absolute Gasteiger partial charge is 0.315 e. The Balaban J connectivity index is 2.42. The van der Waals surface area contributed by atoms with Crippen molar-refractivity contribution in [3.8, 4) is 0 Å². The van der Waals surface area contributed by atoms with Gasteiger partial charge in [-0.2, -0.15) is 0 Å². The molecule has 19 heavy (non-hydrogen) atoms. The molecule has 1 heterocycles. The van der Waals surface area contributed by atoms with Crippen LogP contribution in [-0.2, 0) is 10.0 Å². The molecule has 0 aromatic carbocycles. The second kappa shape index (κ2) is 7.41. The van der Waals surface area contributed by atoms with Crippen molar-refractivity contribution in [2.24, 2.45) is 0 Å². The van der Waals surface area contributed by atoms with Crippen molar-refractivity contribution in [2.75, 3.05) is 30.7 Å². The first-order chi connectivity index (χ1) is 8.98. The summed E-state index contributed by atoms with van der Waals surface area (Å²) in [4.78, 5) is 0. The summed E-state index contributed by atoms with van der Waals surface area (Å²) in [6, 6.07) is 0.199. The molecule has 1 aromatic heterocycles. The van der Waals surface area contributed by atoms with Crippen LogP contribution in [-0.4, -0.2) is 44.0 Å². The van der Waals surface area contributed by atoms with Gasteiger partial charge in [0, 0.05) is 13.1 Å². The second-order valence-electron chi connectivity index (χ2n) is 3.97. The molecule has 3 N–H and O–H groups in total. The summed E-state index contributed by atoms with van der Waals surface area (Å²) in [6.45, 7) is 7.03. The molecule has 0 bridgehead atoms. The van der Waals surface area contributed by atoms with Crippen molar-refractivity contribution in [1.29, 1.82) is 0 Å². The summed E-state index contributed by atoms with van der Waals surface area (Å²) in [7, 11) is -3.23. The minimum atomic E-state index is -3.23. The first-order valence-corrected chi connectivity index (χ1v) is 7.91. The molecule has 0 aliphatic heterocycles. The van der Waals surface area contributed by atoms with E-state index in [1.165, 1.54) is 0 Å². The highest BCUT2D eigenvalue weighted by molar-refractivity contribution is 7.89. The van der Waals surface area contributed by atoms with Gasteiger partial charge in [-0.1, -0.05) is 18.9 Å². The summed E-state index contributed by atoms with van der Waals surface area (Å²) >= 11 is 0. The average molecular weight is 291 g/mol. The van der Waals surface area contributed by atoms with Crippen LogP contribution in [0.2, 0.25) is 0 Å². The predicted molar refractivity (Wildman–Crippen MR) is 72.3 cm³/mol. The third-order valence-electron chi connectivity index (χ3n) is 2.33. The van der Waals surface area contributed by atoms with E-state index in [1.807, 2.05) is 13.8 Å². The predicted octanol–water partition coefficient (Wildman–Crippen LogP) is 0.0913. The average Bonchev–Trinajstić information content (AvgIpc) is 2.77. The van der Waals surface area contributed by atoms with Gasteiger partial charge in [-0.3, -0.25) is 0 Å². The maximum atomic E-state index is 11.4. The fourth-order valence-corrected chi connectivity index (χ4v) is 2.41. The molecule has 9 heteroatoms. The van der Waals surface area contributed by atoms with E-state index in [9.17, 15) is 8.42 Å². The van der Waals surface area contributed by atoms with Crippen LogP contribution in [0.25, 0.3) is 0 Å². The number of nitrogens with one attached hydrogen (secondary N) is 3. The molecule has 0 saturated carbocycles. The van der Waals surface area contributed by atoms with Crippen molar-refractivity contribution in [3.63, 3.8) is 0 Å². The maximum absolute atomic E-state index is 11.4. The minimum Gasteiger partial charge on any atom is -0.406 e. The maximum Gasteiger partial charge on any atom is 0.315 e. The van der Waals surface area contributed by atoms with Crippen molar-refractivity contribution in [1.82, 2.24) is 20.2 Å². The molecule has 1 aromatic rings. The van der Waals surface area contributed by atoms with Crippen molar-refractivity contribution >= 4 is 16.0 Å². The van der Waals surface area contributed by atoms with Gasteiger partial charge in [0.1, 0.15) is 0 Å². The van der Waals surface area contributed by atoms with Gasteiger partial charge in [0.2, 0.25) is 15.9 Å². The van der Waals surface area contributed by atoms with E-state index in [0.717, 1.165) is 6.54 Å². The van der Waals surface area contributed by atoms with Crippen LogP contribution in [0.5, 0.6) is 0 Å². The quantitative estimate of drug-likeness (QED) is 0.591. The normalized spacial score (nSPS) is 13.4. The molecule has 1 unspecified atom stereocenters. The molecular weight excluding hydrogens is 270 g/mol.